The van der Waals surface area contributed by atoms with Crippen molar-refractivity contribution >= 4 is 29.7 Å². The van der Waals surface area contributed by atoms with Gasteiger partial charge in [0.15, 0.2) is 0 Å². The topological polar surface area (TPSA) is 59.1 Å². The number of hydrogen-bond donors (Lipinski definition) is 0. The number of carbonyl (C=O) groups is 2. The highest BCUT2D eigenvalue weighted by molar-refractivity contribution is 7.99. The van der Waals surface area contributed by atoms with Gasteiger partial charge in [-0.1, -0.05) is 0 Å². The molecule has 2 aliphatic heterocycles. The molecule has 2 heterocycles. The van der Waals surface area contributed by atoms with E-state index in [1.54, 1.807) is 21.6 Å². The van der Waals surface area contributed by atoms with Crippen molar-refractivity contribution in [2.75, 3.05) is 37.9 Å². The molecule has 27 heavy (non-hydrogen) atoms. The number of ether oxygens (including phenoxy) is 2. The number of amides is 2. The van der Waals surface area contributed by atoms with Crippen molar-refractivity contribution in [3.63, 3.8) is 0 Å². The van der Waals surface area contributed by atoms with Crippen molar-refractivity contribution < 1.29 is 19.1 Å². The summed E-state index contributed by atoms with van der Waals surface area (Å²) in [6.07, 6.45) is 1.85. The molecule has 1 atom stereocenters. The van der Waals surface area contributed by atoms with Gasteiger partial charge in [-0.15, -0.1) is 11.8 Å². The maximum Gasteiger partial charge on any atom is 0.254 e. The van der Waals surface area contributed by atoms with Crippen LogP contribution < -0.4 is 9.47 Å². The minimum Gasteiger partial charge on any atom is -0.494 e. The molecule has 6 nitrogen and oxygen atoms in total. The number of benzene rings is 1. The van der Waals surface area contributed by atoms with E-state index in [1.807, 2.05) is 45.0 Å². The Bertz CT molecular complexity index is 745. The third-order valence-electron chi connectivity index (χ3n) is 4.78. The van der Waals surface area contributed by atoms with Crippen molar-refractivity contribution in [1.82, 2.24) is 9.80 Å². The molecule has 0 spiro atoms. The molecule has 0 N–H and O–H groups in total. The highest BCUT2D eigenvalue weighted by Crippen LogP contribution is 2.32. The number of likely N-dealkylation sites (N-methyl/N-ethyl adjacent to an activating group) is 1. The number of nitrogens with zero attached hydrogens (tertiary/aromatic N) is 2. The second kappa shape index (κ2) is 8.69. The number of fused-ring (bicyclic) bond motifs is 1. The molecular weight excluding hydrogens is 364 g/mol. The van der Waals surface area contributed by atoms with Crippen molar-refractivity contribution in [1.29, 1.82) is 0 Å². The molecule has 0 radical (unpaired) electrons. The first-order valence-electron chi connectivity index (χ1n) is 9.36. The molecule has 2 aliphatic rings. The first-order chi connectivity index (χ1) is 13.1. The standard InChI is InChI=1S/C20H26N2O4S/c1-4-21(5-2)20(24)17-12-27-13-22(17)19(23)15-9-14-10-16(25-6-3)7-8-18(14)26-11-15/h7-10,17H,4-6,11-13H2,1-3H3/t17-/m0/s1. The first-order valence-corrected chi connectivity index (χ1v) is 10.5. The van der Waals surface area contributed by atoms with Gasteiger partial charge >= 0.3 is 0 Å². The van der Waals surface area contributed by atoms with Crippen molar-refractivity contribution in [3.8, 4) is 11.5 Å². The predicted octanol–water partition coefficient (Wildman–Crippen LogP) is 2.63. The van der Waals surface area contributed by atoms with Crippen LogP contribution in [-0.4, -0.2) is 65.6 Å². The summed E-state index contributed by atoms with van der Waals surface area (Å²) in [5, 5.41) is 0. The van der Waals surface area contributed by atoms with Crippen LogP contribution >= 0.6 is 11.8 Å². The largest absolute Gasteiger partial charge is 0.494 e. The molecule has 1 aromatic rings. The van der Waals surface area contributed by atoms with E-state index in [0.717, 1.165) is 17.1 Å². The minimum atomic E-state index is -0.403. The summed E-state index contributed by atoms with van der Waals surface area (Å²) < 4.78 is 11.3. The maximum absolute atomic E-state index is 13.1. The average molecular weight is 391 g/mol. The minimum absolute atomic E-state index is 0.0229. The Morgan fingerprint density at radius 1 is 1.30 bits per heavy atom. The number of hydrogen-bond acceptors (Lipinski definition) is 5. The van der Waals surface area contributed by atoms with Crippen LogP contribution in [0.25, 0.3) is 6.08 Å². The van der Waals surface area contributed by atoms with Gasteiger partial charge in [0, 0.05) is 24.4 Å². The number of rotatable bonds is 6. The lowest BCUT2D eigenvalue weighted by Crippen LogP contribution is -2.49. The lowest BCUT2D eigenvalue weighted by atomic mass is 10.1. The molecule has 0 saturated carbocycles. The first kappa shape index (κ1) is 19.6. The molecular formula is C20H26N2O4S. The van der Waals surface area contributed by atoms with Crippen molar-refractivity contribution in [2.24, 2.45) is 0 Å². The predicted molar refractivity (Wildman–Crippen MR) is 107 cm³/mol. The Balaban J connectivity index is 1.80. The Labute approximate surface area is 164 Å². The summed E-state index contributed by atoms with van der Waals surface area (Å²) in [4.78, 5) is 29.3. The van der Waals surface area contributed by atoms with Gasteiger partial charge in [-0.25, -0.2) is 0 Å². The zero-order valence-corrected chi connectivity index (χ0v) is 16.9. The summed E-state index contributed by atoms with van der Waals surface area (Å²) in [5.41, 5.74) is 1.39. The second-order valence-electron chi connectivity index (χ2n) is 6.39. The molecule has 0 bridgehead atoms. The van der Waals surface area contributed by atoms with E-state index >= 15 is 0 Å². The number of carbonyl (C=O) groups excluding carboxylic acids is 2. The van der Waals surface area contributed by atoms with Crippen molar-refractivity contribution in [2.45, 2.75) is 26.8 Å². The van der Waals surface area contributed by atoms with Crippen LogP contribution in [0.5, 0.6) is 11.5 Å². The smallest absolute Gasteiger partial charge is 0.254 e. The molecule has 7 heteroatoms. The van der Waals surface area contributed by atoms with E-state index in [9.17, 15) is 9.59 Å². The normalized spacial score (nSPS) is 18.4. The SMILES string of the molecule is CCOc1ccc2c(c1)C=C(C(=O)N1CSC[C@H]1C(=O)N(CC)CC)CO2. The quantitative estimate of drug-likeness (QED) is 0.747. The summed E-state index contributed by atoms with van der Waals surface area (Å²) in [5.74, 6) is 2.55. The Kier molecular flexibility index (Phi) is 6.31. The van der Waals surface area contributed by atoms with Crippen LogP contribution in [0.3, 0.4) is 0 Å². The third kappa shape index (κ3) is 4.08. The van der Waals surface area contributed by atoms with E-state index in [-0.39, 0.29) is 18.4 Å². The Morgan fingerprint density at radius 2 is 2.07 bits per heavy atom. The van der Waals surface area contributed by atoms with E-state index in [0.29, 0.717) is 36.9 Å². The van der Waals surface area contributed by atoms with Crippen LogP contribution in [0.2, 0.25) is 0 Å². The Morgan fingerprint density at radius 3 is 2.78 bits per heavy atom. The number of thioether (sulfide) groups is 1. The molecule has 0 aromatic heterocycles. The van der Waals surface area contributed by atoms with Crippen LogP contribution in [0.4, 0.5) is 0 Å². The molecule has 2 amide bonds. The van der Waals surface area contributed by atoms with E-state index < -0.39 is 6.04 Å². The van der Waals surface area contributed by atoms with Crippen LogP contribution in [0.1, 0.15) is 26.3 Å². The molecule has 0 unspecified atom stereocenters. The lowest BCUT2D eigenvalue weighted by Gasteiger charge is -2.29. The molecule has 1 aromatic carbocycles. The summed E-state index contributed by atoms with van der Waals surface area (Å²) in [7, 11) is 0. The van der Waals surface area contributed by atoms with E-state index in [1.165, 1.54) is 0 Å². The van der Waals surface area contributed by atoms with Crippen LogP contribution in [-0.2, 0) is 9.59 Å². The fourth-order valence-electron chi connectivity index (χ4n) is 3.31. The molecule has 1 saturated heterocycles. The molecule has 1 fully saturated rings. The summed E-state index contributed by atoms with van der Waals surface area (Å²) in [6, 6.07) is 5.19. The van der Waals surface area contributed by atoms with Gasteiger partial charge in [0.2, 0.25) is 5.91 Å². The van der Waals surface area contributed by atoms with E-state index in [2.05, 4.69) is 0 Å². The van der Waals surface area contributed by atoms with Gasteiger partial charge in [0.05, 0.1) is 18.1 Å². The highest BCUT2D eigenvalue weighted by atomic mass is 32.2. The van der Waals surface area contributed by atoms with Gasteiger partial charge in [0.1, 0.15) is 24.1 Å². The summed E-state index contributed by atoms with van der Waals surface area (Å²) in [6.45, 7) is 7.94. The van der Waals surface area contributed by atoms with Crippen LogP contribution in [0.15, 0.2) is 23.8 Å². The molecule has 3 rings (SSSR count). The van der Waals surface area contributed by atoms with E-state index in [4.69, 9.17) is 9.47 Å². The Hall–Kier alpha value is -2.15. The second-order valence-corrected chi connectivity index (χ2v) is 7.39. The highest BCUT2D eigenvalue weighted by Gasteiger charge is 2.38. The third-order valence-corrected chi connectivity index (χ3v) is 5.80. The zero-order chi connectivity index (χ0) is 19.4. The monoisotopic (exact) mass is 390 g/mol. The van der Waals surface area contributed by atoms with Gasteiger partial charge in [-0.2, -0.15) is 0 Å². The van der Waals surface area contributed by atoms with Gasteiger partial charge in [-0.05, 0) is 45.0 Å². The maximum atomic E-state index is 13.1. The van der Waals surface area contributed by atoms with Gasteiger partial charge in [-0.3, -0.25) is 9.59 Å². The molecule has 0 aliphatic carbocycles. The van der Waals surface area contributed by atoms with Gasteiger partial charge in [0.25, 0.3) is 5.91 Å². The van der Waals surface area contributed by atoms with Gasteiger partial charge < -0.3 is 19.3 Å². The lowest BCUT2D eigenvalue weighted by molar-refractivity contribution is -0.141. The van der Waals surface area contributed by atoms with Crippen molar-refractivity contribution in [3.05, 3.63) is 29.3 Å². The van der Waals surface area contributed by atoms with Crippen LogP contribution in [0, 0.1) is 0 Å². The fraction of sp³-hybridized carbons (Fsp3) is 0.500. The molecule has 146 valence electrons. The summed E-state index contributed by atoms with van der Waals surface area (Å²) >= 11 is 1.61. The fourth-order valence-corrected chi connectivity index (χ4v) is 4.46. The zero-order valence-electron chi connectivity index (χ0n) is 16.1. The average Bonchev–Trinajstić information content (AvgIpc) is 3.17.